The van der Waals surface area contributed by atoms with Crippen molar-refractivity contribution in [1.82, 2.24) is 0 Å². The van der Waals surface area contributed by atoms with Crippen molar-refractivity contribution in [2.24, 2.45) is 17.8 Å². The molecule has 0 saturated heterocycles. The SMILES string of the molecule is CCCCCCCCCCCCCC(=O)OC[C@H](COP(=O)(O)OC[C@H](O)COP(=O)(O)OC[C@@H](COC(=O)CCCCCCCCCCCC(C)C)OC(=O)CCCCCCCCCCCCCCCCCCC(C)C)OC(=O)CCCCCCCCCCC(C)CC. The zero-order valence-electron chi connectivity index (χ0n) is 61.4. The first kappa shape index (κ1) is 92.1. The zero-order valence-corrected chi connectivity index (χ0v) is 63.2. The number of phosphoric ester groups is 2. The third kappa shape index (κ3) is 67.3. The Kier molecular flexibility index (Phi) is 64.3. The van der Waals surface area contributed by atoms with Gasteiger partial charge in [0, 0.05) is 25.7 Å². The van der Waals surface area contributed by atoms with Gasteiger partial charge < -0.3 is 33.8 Å². The second-order valence-electron chi connectivity index (χ2n) is 28.2. The molecule has 0 heterocycles. The standard InChI is InChI=1S/C75H146O17P2/c1-8-10-11-12-13-14-21-27-35-42-49-56-72(77)85-63-71(92-75(80)59-52-45-38-31-30-34-41-48-55-68(7)9-2)65-90-94(83,84)88-61-69(76)60-87-93(81,82)89-64-70(62-86-73(78)57-50-43-36-29-24-26-33-40-47-54-67(5)6)91-74(79)58-51-44-37-28-23-20-18-16-15-17-19-22-25-32-39-46-53-66(3)4/h66-71,76H,8-65H2,1-7H3,(H,81,82)(H,83,84)/t68?,69-,70-,71-/m1/s1. The quantitative estimate of drug-likeness (QED) is 0.0222. The van der Waals surface area contributed by atoms with Crippen molar-refractivity contribution in [3.05, 3.63) is 0 Å². The molecule has 94 heavy (non-hydrogen) atoms. The molecule has 0 rings (SSSR count). The van der Waals surface area contributed by atoms with Crippen LogP contribution < -0.4 is 0 Å². The molecular formula is C75H146O17P2. The van der Waals surface area contributed by atoms with Gasteiger partial charge in [0.15, 0.2) is 12.2 Å². The third-order valence-corrected chi connectivity index (χ3v) is 19.6. The van der Waals surface area contributed by atoms with E-state index < -0.39 is 97.5 Å². The molecule has 0 fully saturated rings. The summed E-state index contributed by atoms with van der Waals surface area (Å²) in [7, 11) is -9.91. The molecule has 0 spiro atoms. The number of hydrogen-bond acceptors (Lipinski definition) is 15. The number of aliphatic hydroxyl groups excluding tert-OH is 1. The predicted molar refractivity (Wildman–Crippen MR) is 381 cm³/mol. The molecule has 0 aromatic carbocycles. The van der Waals surface area contributed by atoms with E-state index in [1.165, 1.54) is 193 Å². The lowest BCUT2D eigenvalue weighted by Crippen LogP contribution is -2.30. The molecule has 0 amide bonds. The molecule has 17 nitrogen and oxygen atoms in total. The maximum absolute atomic E-state index is 13.1. The zero-order chi connectivity index (χ0) is 69.4. The minimum absolute atomic E-state index is 0.105. The number of esters is 4. The van der Waals surface area contributed by atoms with Crippen molar-refractivity contribution in [3.8, 4) is 0 Å². The summed E-state index contributed by atoms with van der Waals surface area (Å²) in [5.74, 6) is 0.202. The number of ether oxygens (including phenoxy) is 4. The van der Waals surface area contributed by atoms with Crippen LogP contribution in [0.2, 0.25) is 0 Å². The normalized spacial score (nSPS) is 14.4. The first-order valence-corrected chi connectivity index (χ1v) is 41.9. The van der Waals surface area contributed by atoms with Crippen molar-refractivity contribution in [1.29, 1.82) is 0 Å². The second kappa shape index (κ2) is 65.7. The summed E-state index contributed by atoms with van der Waals surface area (Å²) in [6.07, 6.45) is 51.3. The first-order valence-electron chi connectivity index (χ1n) is 38.9. The van der Waals surface area contributed by atoms with Crippen LogP contribution in [0.4, 0.5) is 0 Å². The van der Waals surface area contributed by atoms with Crippen LogP contribution in [0.15, 0.2) is 0 Å². The maximum atomic E-state index is 13.1. The fraction of sp³-hybridized carbons (Fsp3) is 0.947. The Morgan fingerprint density at radius 3 is 0.809 bits per heavy atom. The van der Waals surface area contributed by atoms with Crippen LogP contribution in [0, 0.1) is 17.8 Å². The Balaban J connectivity index is 5.23. The Labute approximate surface area is 575 Å². The lowest BCUT2D eigenvalue weighted by Gasteiger charge is -2.21. The average Bonchev–Trinajstić information content (AvgIpc) is 1.31. The summed E-state index contributed by atoms with van der Waals surface area (Å²) in [6, 6.07) is 0. The van der Waals surface area contributed by atoms with Gasteiger partial charge in [-0.1, -0.05) is 331 Å². The Morgan fingerprint density at radius 2 is 0.543 bits per heavy atom. The minimum Gasteiger partial charge on any atom is -0.462 e. The summed E-state index contributed by atoms with van der Waals surface area (Å²) < 4.78 is 68.5. The molecule has 0 aliphatic carbocycles. The minimum atomic E-state index is -4.96. The van der Waals surface area contributed by atoms with E-state index in [1.54, 1.807) is 0 Å². The van der Waals surface area contributed by atoms with Crippen molar-refractivity contribution in [3.63, 3.8) is 0 Å². The summed E-state index contributed by atoms with van der Waals surface area (Å²) in [6.45, 7) is 11.9. The number of hydrogen-bond donors (Lipinski definition) is 3. The van der Waals surface area contributed by atoms with Crippen LogP contribution in [-0.4, -0.2) is 96.7 Å². The van der Waals surface area contributed by atoms with Crippen molar-refractivity contribution < 1.29 is 80.2 Å². The summed E-state index contributed by atoms with van der Waals surface area (Å²) >= 11 is 0. The van der Waals surface area contributed by atoms with Crippen molar-refractivity contribution >= 4 is 39.5 Å². The van der Waals surface area contributed by atoms with Gasteiger partial charge >= 0.3 is 39.5 Å². The van der Waals surface area contributed by atoms with E-state index in [9.17, 15) is 43.2 Å². The second-order valence-corrected chi connectivity index (χ2v) is 31.1. The lowest BCUT2D eigenvalue weighted by molar-refractivity contribution is -0.161. The van der Waals surface area contributed by atoms with Gasteiger partial charge in [-0.25, -0.2) is 9.13 Å². The molecular weight excluding hydrogens is 1230 g/mol. The number of aliphatic hydroxyl groups is 1. The smallest absolute Gasteiger partial charge is 0.462 e. The van der Waals surface area contributed by atoms with Crippen molar-refractivity contribution in [2.75, 3.05) is 39.6 Å². The highest BCUT2D eigenvalue weighted by atomic mass is 31.2. The van der Waals surface area contributed by atoms with Gasteiger partial charge in [-0.3, -0.25) is 37.3 Å². The van der Waals surface area contributed by atoms with E-state index in [2.05, 4.69) is 48.5 Å². The Morgan fingerprint density at radius 1 is 0.309 bits per heavy atom. The lowest BCUT2D eigenvalue weighted by atomic mass is 9.99. The molecule has 558 valence electrons. The third-order valence-electron chi connectivity index (χ3n) is 17.7. The molecule has 0 aliphatic rings. The molecule has 3 unspecified atom stereocenters. The highest BCUT2D eigenvalue weighted by Gasteiger charge is 2.30. The Hall–Kier alpha value is -1.94. The fourth-order valence-electron chi connectivity index (χ4n) is 11.4. The number of rotatable bonds is 73. The summed E-state index contributed by atoms with van der Waals surface area (Å²) in [4.78, 5) is 72.7. The van der Waals surface area contributed by atoms with Crippen LogP contribution in [-0.2, 0) is 65.4 Å². The van der Waals surface area contributed by atoms with E-state index in [0.29, 0.717) is 25.7 Å². The summed E-state index contributed by atoms with van der Waals surface area (Å²) in [5, 5.41) is 10.6. The number of carbonyl (C=O) groups excluding carboxylic acids is 4. The van der Waals surface area contributed by atoms with Gasteiger partial charge in [-0.05, 0) is 43.4 Å². The average molecular weight is 1380 g/mol. The molecule has 0 radical (unpaired) electrons. The van der Waals surface area contributed by atoms with Gasteiger partial charge in [0.05, 0.1) is 26.4 Å². The highest BCUT2D eigenvalue weighted by Crippen LogP contribution is 2.45. The van der Waals surface area contributed by atoms with Crippen LogP contribution in [0.25, 0.3) is 0 Å². The Bertz CT molecular complexity index is 1840. The van der Waals surface area contributed by atoms with Gasteiger partial charge in [0.1, 0.15) is 19.3 Å². The molecule has 0 bridgehead atoms. The molecule has 0 aromatic heterocycles. The van der Waals surface area contributed by atoms with Crippen LogP contribution in [0.5, 0.6) is 0 Å². The topological polar surface area (TPSA) is 237 Å². The van der Waals surface area contributed by atoms with Crippen LogP contribution >= 0.6 is 15.6 Å². The fourth-order valence-corrected chi connectivity index (χ4v) is 13.0. The van der Waals surface area contributed by atoms with Gasteiger partial charge in [-0.2, -0.15) is 0 Å². The van der Waals surface area contributed by atoms with Crippen molar-refractivity contribution in [2.45, 2.75) is 401 Å². The molecule has 19 heteroatoms. The molecule has 0 aliphatic heterocycles. The monoisotopic (exact) mass is 1380 g/mol. The number of carbonyl (C=O) groups is 4. The van der Waals surface area contributed by atoms with E-state index in [-0.39, 0.29) is 25.7 Å². The van der Waals surface area contributed by atoms with Crippen LogP contribution in [0.3, 0.4) is 0 Å². The maximum Gasteiger partial charge on any atom is 0.472 e. The predicted octanol–water partition coefficient (Wildman–Crippen LogP) is 21.8. The van der Waals surface area contributed by atoms with Gasteiger partial charge in [0.25, 0.3) is 0 Å². The molecule has 6 atom stereocenters. The van der Waals surface area contributed by atoms with E-state index >= 15 is 0 Å². The molecule has 0 aromatic rings. The summed E-state index contributed by atoms with van der Waals surface area (Å²) in [5.41, 5.74) is 0. The molecule has 0 saturated carbocycles. The number of phosphoric acid groups is 2. The van der Waals surface area contributed by atoms with Gasteiger partial charge in [0.2, 0.25) is 0 Å². The molecule has 3 N–H and O–H groups in total. The van der Waals surface area contributed by atoms with Gasteiger partial charge in [-0.15, -0.1) is 0 Å². The highest BCUT2D eigenvalue weighted by molar-refractivity contribution is 7.47. The van der Waals surface area contributed by atoms with Crippen LogP contribution in [0.1, 0.15) is 382 Å². The van der Waals surface area contributed by atoms with E-state index in [1.807, 2.05) is 0 Å². The first-order chi connectivity index (χ1) is 45.3. The largest absolute Gasteiger partial charge is 0.472 e. The number of unbranched alkanes of at least 4 members (excludes halogenated alkanes) is 40. The van der Waals surface area contributed by atoms with E-state index in [4.69, 9.17) is 37.0 Å². The van der Waals surface area contributed by atoms with E-state index in [0.717, 1.165) is 108 Å².